The van der Waals surface area contributed by atoms with Gasteiger partial charge >= 0.3 is 0 Å². The van der Waals surface area contributed by atoms with Gasteiger partial charge in [0.05, 0.1) is 28.2 Å². The van der Waals surface area contributed by atoms with E-state index in [2.05, 4.69) is 39.8 Å². The zero-order chi connectivity index (χ0) is 25.8. The van der Waals surface area contributed by atoms with Gasteiger partial charge in [0.25, 0.3) is 5.91 Å². The molecule has 0 spiro atoms. The fraction of sp³-hybridized carbons (Fsp3) is 0.519. The number of carbonyl (C=O) groups is 1. The van der Waals surface area contributed by atoms with Crippen LogP contribution in [0.2, 0.25) is 10.0 Å². The highest BCUT2D eigenvalue weighted by Crippen LogP contribution is 2.35. The molecule has 3 rings (SSSR count). The van der Waals surface area contributed by atoms with Gasteiger partial charge in [-0.25, -0.2) is 8.42 Å². The fourth-order valence-electron chi connectivity index (χ4n) is 4.21. The molecule has 1 aliphatic rings. The third-order valence-corrected chi connectivity index (χ3v) is 8.63. The minimum Gasteiger partial charge on any atom is -0.490 e. The van der Waals surface area contributed by atoms with E-state index < -0.39 is 15.9 Å². The molecule has 1 amide bonds. The summed E-state index contributed by atoms with van der Waals surface area (Å²) in [6.07, 6.45) is 3.42. The van der Waals surface area contributed by atoms with Crippen molar-refractivity contribution in [3.63, 3.8) is 0 Å². The smallest absolute Gasteiger partial charge is 0.254 e. The van der Waals surface area contributed by atoms with Crippen molar-refractivity contribution >= 4 is 38.9 Å². The summed E-state index contributed by atoms with van der Waals surface area (Å²) in [7, 11) is -3.18. The van der Waals surface area contributed by atoms with Gasteiger partial charge in [-0.05, 0) is 41.5 Å². The first-order chi connectivity index (χ1) is 16.4. The lowest BCUT2D eigenvalue weighted by molar-refractivity contribution is 0.0681. The molecular formula is C27H35Cl2NO4S. The van der Waals surface area contributed by atoms with Crippen LogP contribution >= 0.6 is 23.2 Å². The third-order valence-electron chi connectivity index (χ3n) is 6.32. The van der Waals surface area contributed by atoms with E-state index in [9.17, 15) is 13.2 Å². The molecule has 0 aromatic heterocycles. The van der Waals surface area contributed by atoms with E-state index in [1.807, 2.05) is 12.1 Å². The average molecular weight is 541 g/mol. The van der Waals surface area contributed by atoms with Gasteiger partial charge < -0.3 is 9.64 Å². The highest BCUT2D eigenvalue weighted by Gasteiger charge is 2.35. The Labute approximate surface area is 219 Å². The fourth-order valence-corrected chi connectivity index (χ4v) is 6.54. The first-order valence-electron chi connectivity index (χ1n) is 12.1. The molecule has 1 atom stereocenters. The molecule has 0 aliphatic carbocycles. The van der Waals surface area contributed by atoms with E-state index in [4.69, 9.17) is 27.9 Å². The number of sulfone groups is 1. The Morgan fingerprint density at radius 3 is 2.23 bits per heavy atom. The third kappa shape index (κ3) is 7.37. The molecule has 1 fully saturated rings. The van der Waals surface area contributed by atoms with Crippen LogP contribution in [0.25, 0.3) is 0 Å². The molecule has 0 unspecified atom stereocenters. The predicted molar refractivity (Wildman–Crippen MR) is 144 cm³/mol. The molecule has 5 nitrogen and oxygen atoms in total. The molecule has 1 saturated heterocycles. The maximum absolute atomic E-state index is 13.7. The number of carbonyl (C=O) groups excluding carboxylic acids is 1. The van der Waals surface area contributed by atoms with Gasteiger partial charge in [0, 0.05) is 18.2 Å². The number of rotatable bonds is 9. The van der Waals surface area contributed by atoms with Crippen LogP contribution < -0.4 is 4.74 Å². The Morgan fingerprint density at radius 2 is 1.71 bits per heavy atom. The van der Waals surface area contributed by atoms with Crippen LogP contribution in [0.4, 0.5) is 0 Å². The minimum atomic E-state index is -3.18. The van der Waals surface area contributed by atoms with Crippen LogP contribution in [0.5, 0.6) is 5.75 Å². The summed E-state index contributed by atoms with van der Waals surface area (Å²) in [6, 6.07) is 10.8. The second-order valence-electron chi connectivity index (χ2n) is 10.3. The van der Waals surface area contributed by atoms with Crippen LogP contribution in [-0.4, -0.2) is 43.4 Å². The van der Waals surface area contributed by atoms with Crippen LogP contribution in [0, 0.1) is 0 Å². The van der Waals surface area contributed by atoms with Gasteiger partial charge in [-0.1, -0.05) is 88.0 Å². The second-order valence-corrected chi connectivity index (χ2v) is 13.3. The zero-order valence-corrected chi connectivity index (χ0v) is 23.3. The molecule has 2 aromatic carbocycles. The van der Waals surface area contributed by atoms with Gasteiger partial charge in [-0.2, -0.15) is 0 Å². The van der Waals surface area contributed by atoms with Crippen LogP contribution in [0.15, 0.2) is 36.4 Å². The SMILES string of the molecule is CCCCCOc1c(Cl)cc(C(=O)N(Cc2ccc(C(C)(C)C)cc2)[C@H]2CCS(=O)(=O)C2)cc1Cl. The van der Waals surface area contributed by atoms with Crippen molar-refractivity contribution in [1.29, 1.82) is 0 Å². The Morgan fingerprint density at radius 1 is 1.09 bits per heavy atom. The molecule has 35 heavy (non-hydrogen) atoms. The molecular weight excluding hydrogens is 505 g/mol. The number of amides is 1. The lowest BCUT2D eigenvalue weighted by Crippen LogP contribution is -2.40. The van der Waals surface area contributed by atoms with E-state index in [0.29, 0.717) is 30.9 Å². The molecule has 1 aliphatic heterocycles. The van der Waals surface area contributed by atoms with Gasteiger partial charge in [0.15, 0.2) is 15.6 Å². The molecule has 8 heteroatoms. The quantitative estimate of drug-likeness (QED) is 0.333. The average Bonchev–Trinajstić information content (AvgIpc) is 3.15. The van der Waals surface area contributed by atoms with Crippen molar-refractivity contribution in [2.24, 2.45) is 0 Å². The normalized spacial score (nSPS) is 17.4. The van der Waals surface area contributed by atoms with Crippen molar-refractivity contribution in [2.75, 3.05) is 18.1 Å². The summed E-state index contributed by atoms with van der Waals surface area (Å²) >= 11 is 12.9. The molecule has 0 bridgehead atoms. The van der Waals surface area contributed by atoms with E-state index >= 15 is 0 Å². The summed E-state index contributed by atoms with van der Waals surface area (Å²) in [6.45, 7) is 9.34. The monoisotopic (exact) mass is 539 g/mol. The second kappa shape index (κ2) is 11.5. The van der Waals surface area contributed by atoms with Crippen molar-refractivity contribution < 1.29 is 17.9 Å². The summed E-state index contributed by atoms with van der Waals surface area (Å²) in [5.41, 5.74) is 2.46. The standard InChI is InChI=1S/C27H35Cl2NO4S/c1-5-6-7-13-34-25-23(28)15-20(16-24(25)29)26(31)30(22-12-14-35(32,33)18-22)17-19-8-10-21(11-9-19)27(2,3)4/h8-11,15-16,22H,5-7,12-14,17-18H2,1-4H3/t22-/m0/s1. The largest absolute Gasteiger partial charge is 0.490 e. The number of halogens is 2. The van der Waals surface area contributed by atoms with E-state index in [1.165, 1.54) is 5.56 Å². The van der Waals surface area contributed by atoms with Crippen LogP contribution in [0.1, 0.15) is 74.9 Å². The predicted octanol–water partition coefficient (Wildman–Crippen LogP) is 6.69. The van der Waals surface area contributed by atoms with Gasteiger partial charge in [-0.15, -0.1) is 0 Å². The maximum atomic E-state index is 13.7. The van der Waals surface area contributed by atoms with E-state index in [0.717, 1.165) is 24.8 Å². The highest BCUT2D eigenvalue weighted by atomic mass is 35.5. The Bertz CT molecular complexity index is 1120. The minimum absolute atomic E-state index is 0.0153. The number of benzene rings is 2. The van der Waals surface area contributed by atoms with Gasteiger partial charge in [0.2, 0.25) is 0 Å². The molecule has 0 radical (unpaired) electrons. The van der Waals surface area contributed by atoms with Gasteiger partial charge in [0.1, 0.15) is 0 Å². The number of ether oxygens (including phenoxy) is 1. The molecule has 0 N–H and O–H groups in total. The molecule has 2 aromatic rings. The highest BCUT2D eigenvalue weighted by molar-refractivity contribution is 7.91. The molecule has 0 saturated carbocycles. The summed E-state index contributed by atoms with van der Waals surface area (Å²) in [5.74, 6) is 0.108. The van der Waals surface area contributed by atoms with Crippen LogP contribution in [0.3, 0.4) is 0 Å². The lowest BCUT2D eigenvalue weighted by Gasteiger charge is -2.29. The Balaban J connectivity index is 1.87. The van der Waals surface area contributed by atoms with Gasteiger partial charge in [-0.3, -0.25) is 4.79 Å². The summed E-state index contributed by atoms with van der Waals surface area (Å²) in [4.78, 5) is 15.3. The van der Waals surface area contributed by atoms with E-state index in [-0.39, 0.29) is 32.9 Å². The summed E-state index contributed by atoms with van der Waals surface area (Å²) in [5, 5.41) is 0.539. The van der Waals surface area contributed by atoms with Crippen molar-refractivity contribution in [3.8, 4) is 5.75 Å². The molecule has 192 valence electrons. The maximum Gasteiger partial charge on any atom is 0.254 e. The first kappa shape index (κ1) is 27.8. The zero-order valence-electron chi connectivity index (χ0n) is 20.9. The number of nitrogens with zero attached hydrogens (tertiary/aromatic N) is 1. The van der Waals surface area contributed by atoms with E-state index in [1.54, 1.807) is 17.0 Å². The Kier molecular flexibility index (Phi) is 9.16. The summed E-state index contributed by atoms with van der Waals surface area (Å²) < 4.78 is 30.2. The van der Waals surface area contributed by atoms with Crippen LogP contribution in [-0.2, 0) is 21.8 Å². The molecule has 1 heterocycles. The first-order valence-corrected chi connectivity index (χ1v) is 14.7. The Hall–Kier alpha value is -1.76. The number of hydrogen-bond acceptors (Lipinski definition) is 4. The lowest BCUT2D eigenvalue weighted by atomic mass is 9.86. The number of unbranched alkanes of at least 4 members (excludes halogenated alkanes) is 2. The topological polar surface area (TPSA) is 63.7 Å². The van der Waals surface area contributed by atoms with Crippen molar-refractivity contribution in [1.82, 2.24) is 4.90 Å². The van der Waals surface area contributed by atoms with Crippen molar-refractivity contribution in [3.05, 3.63) is 63.1 Å². The number of hydrogen-bond donors (Lipinski definition) is 0. The van der Waals surface area contributed by atoms with Crippen molar-refractivity contribution in [2.45, 2.75) is 71.4 Å².